The fourth-order valence-electron chi connectivity index (χ4n) is 3.31. The minimum absolute atomic E-state index is 0.110. The van der Waals surface area contributed by atoms with Crippen LogP contribution in [0.4, 0.5) is 23.7 Å². The highest BCUT2D eigenvalue weighted by Crippen LogP contribution is 2.30. The predicted molar refractivity (Wildman–Crippen MR) is 118 cm³/mol. The van der Waals surface area contributed by atoms with Crippen LogP contribution in [0.3, 0.4) is 0 Å². The fourth-order valence-corrected chi connectivity index (χ4v) is 3.31. The Morgan fingerprint density at radius 3 is 2.38 bits per heavy atom. The number of amides is 2. The van der Waals surface area contributed by atoms with E-state index in [4.69, 9.17) is 4.74 Å². The van der Waals surface area contributed by atoms with Gasteiger partial charge in [-0.15, -0.1) is 0 Å². The third-order valence-corrected chi connectivity index (χ3v) is 5.24. The third kappa shape index (κ3) is 5.59. The normalized spacial score (nSPS) is 16.3. The van der Waals surface area contributed by atoms with Gasteiger partial charge in [-0.25, -0.2) is 9.80 Å². The molecule has 0 radical (unpaired) electrons. The van der Waals surface area contributed by atoms with Crippen LogP contribution in [-0.2, 0) is 6.18 Å². The molecule has 1 N–H and O–H groups in total. The number of anilines is 1. The van der Waals surface area contributed by atoms with Crippen LogP contribution in [0.5, 0.6) is 5.75 Å². The minimum atomic E-state index is -4.42. The molecule has 2 amide bonds. The van der Waals surface area contributed by atoms with Gasteiger partial charge in [0.15, 0.2) is 0 Å². The topological polar surface area (TPSA) is 57.2 Å². The summed E-state index contributed by atoms with van der Waals surface area (Å²) in [5.74, 6) is 0.770. The van der Waals surface area contributed by atoms with Crippen molar-refractivity contribution in [1.82, 2.24) is 9.91 Å². The van der Waals surface area contributed by atoms with Crippen LogP contribution in [0.15, 0.2) is 53.6 Å². The van der Waals surface area contributed by atoms with Crippen LogP contribution in [-0.4, -0.2) is 54.4 Å². The maximum atomic E-state index is 12.7. The summed E-state index contributed by atoms with van der Waals surface area (Å²) in [6.07, 6.45) is -3.51. The molecule has 172 valence electrons. The number of likely N-dealkylation sites (N-methyl/N-ethyl adjacent to an activating group) is 1. The van der Waals surface area contributed by atoms with Crippen LogP contribution in [0.25, 0.3) is 0 Å². The van der Waals surface area contributed by atoms with E-state index in [2.05, 4.69) is 15.3 Å². The van der Waals surface area contributed by atoms with E-state index in [-0.39, 0.29) is 11.7 Å². The second-order valence-electron chi connectivity index (χ2n) is 7.53. The van der Waals surface area contributed by atoms with Crippen molar-refractivity contribution < 1.29 is 22.7 Å². The molecule has 0 aromatic heterocycles. The third-order valence-electron chi connectivity index (χ3n) is 5.24. The van der Waals surface area contributed by atoms with Gasteiger partial charge < -0.3 is 10.1 Å². The molecule has 6 nitrogen and oxygen atoms in total. The first kappa shape index (κ1) is 23.6. The molecule has 0 spiro atoms. The Hall–Kier alpha value is -3.07. The number of benzene rings is 2. The Bertz CT molecular complexity index is 943. The van der Waals surface area contributed by atoms with Crippen molar-refractivity contribution in [2.24, 2.45) is 5.10 Å². The molecule has 1 aliphatic heterocycles. The van der Waals surface area contributed by atoms with Gasteiger partial charge in [-0.05, 0) is 74.1 Å². The largest absolute Gasteiger partial charge is 0.494 e. The van der Waals surface area contributed by atoms with Crippen LogP contribution in [0, 0.1) is 0 Å². The van der Waals surface area contributed by atoms with E-state index in [1.165, 1.54) is 17.1 Å². The molecule has 9 heteroatoms. The molecule has 0 saturated carbocycles. The lowest BCUT2D eigenvalue weighted by atomic mass is 10.0. The van der Waals surface area contributed by atoms with E-state index in [0.717, 1.165) is 42.1 Å². The lowest BCUT2D eigenvalue weighted by molar-refractivity contribution is -0.137. The fraction of sp³-hybridized carbons (Fsp3) is 0.391. The Balaban J connectivity index is 1.76. The number of nitrogens with one attached hydrogen (secondary N) is 1. The number of carbonyl (C=O) groups excluding carboxylic acids is 1. The van der Waals surface area contributed by atoms with E-state index >= 15 is 0 Å². The number of alkyl halides is 3. The van der Waals surface area contributed by atoms with E-state index in [0.29, 0.717) is 13.2 Å². The molecular formula is C23H27F3N4O2. The van der Waals surface area contributed by atoms with Crippen LogP contribution >= 0.6 is 0 Å². The van der Waals surface area contributed by atoms with E-state index < -0.39 is 17.8 Å². The molecule has 1 aliphatic rings. The summed E-state index contributed by atoms with van der Waals surface area (Å²) in [6.45, 7) is 5.79. The smallest absolute Gasteiger partial charge is 0.416 e. The van der Waals surface area contributed by atoms with Gasteiger partial charge in [0.05, 0.1) is 30.5 Å². The molecule has 1 heterocycles. The van der Waals surface area contributed by atoms with Gasteiger partial charge >= 0.3 is 12.2 Å². The van der Waals surface area contributed by atoms with Gasteiger partial charge in [-0.1, -0.05) is 13.8 Å². The van der Waals surface area contributed by atoms with Crippen molar-refractivity contribution in [1.29, 1.82) is 0 Å². The second kappa shape index (κ2) is 10.0. The van der Waals surface area contributed by atoms with Crippen LogP contribution in [0.1, 0.15) is 31.4 Å². The Labute approximate surface area is 185 Å². The number of urea groups is 1. The highest BCUT2D eigenvalue weighted by atomic mass is 19.4. The van der Waals surface area contributed by atoms with Crippen molar-refractivity contribution in [2.75, 3.05) is 32.1 Å². The number of hydrogen-bond donors (Lipinski definition) is 1. The first-order valence-corrected chi connectivity index (χ1v) is 10.5. The highest BCUT2D eigenvalue weighted by molar-refractivity contribution is 6.07. The maximum Gasteiger partial charge on any atom is 0.416 e. The number of rotatable bonds is 7. The number of halogens is 3. The Morgan fingerprint density at radius 1 is 1.16 bits per heavy atom. The first-order valence-electron chi connectivity index (χ1n) is 10.5. The van der Waals surface area contributed by atoms with Crippen LogP contribution in [0.2, 0.25) is 0 Å². The molecule has 0 aliphatic carbocycles. The average molecular weight is 448 g/mol. The van der Waals surface area contributed by atoms with Gasteiger partial charge in [-0.3, -0.25) is 4.90 Å². The molecule has 2 aromatic rings. The lowest BCUT2D eigenvalue weighted by Crippen LogP contribution is -2.42. The van der Waals surface area contributed by atoms with Crippen molar-refractivity contribution in [3.63, 3.8) is 0 Å². The van der Waals surface area contributed by atoms with E-state index in [1.807, 2.05) is 45.2 Å². The zero-order valence-electron chi connectivity index (χ0n) is 18.3. The summed E-state index contributed by atoms with van der Waals surface area (Å²) in [4.78, 5) is 14.8. The molecule has 2 aromatic carbocycles. The quantitative estimate of drug-likeness (QED) is 0.644. The van der Waals surface area contributed by atoms with Crippen molar-refractivity contribution in [3.05, 3.63) is 59.7 Å². The monoisotopic (exact) mass is 448 g/mol. The number of hydrazone groups is 1. The summed E-state index contributed by atoms with van der Waals surface area (Å²) in [5.41, 5.74) is 1.13. The SMILES string of the molecule is CCCOc1ccc(C2=NN(C(=O)Nc3ccc(C(F)(F)F)cc3)CC2N(C)CC)cc1. The molecule has 32 heavy (non-hydrogen) atoms. The highest BCUT2D eigenvalue weighted by Gasteiger charge is 2.34. The van der Waals surface area contributed by atoms with Gasteiger partial charge in [0.1, 0.15) is 5.75 Å². The van der Waals surface area contributed by atoms with Gasteiger partial charge in [0.25, 0.3) is 0 Å². The molecular weight excluding hydrogens is 421 g/mol. The molecule has 1 atom stereocenters. The first-order chi connectivity index (χ1) is 15.2. The molecule has 0 fully saturated rings. The predicted octanol–water partition coefficient (Wildman–Crippen LogP) is 5.07. The van der Waals surface area contributed by atoms with Crippen molar-refractivity contribution >= 4 is 17.4 Å². The molecule has 3 rings (SSSR count). The van der Waals surface area contributed by atoms with Gasteiger partial charge in [0.2, 0.25) is 0 Å². The Kier molecular flexibility index (Phi) is 7.40. The molecule has 0 bridgehead atoms. The number of hydrogen-bond acceptors (Lipinski definition) is 4. The Morgan fingerprint density at radius 2 is 1.81 bits per heavy atom. The number of carbonyl (C=O) groups is 1. The number of ether oxygens (including phenoxy) is 1. The lowest BCUT2D eigenvalue weighted by Gasteiger charge is -2.24. The molecule has 0 saturated heterocycles. The van der Waals surface area contributed by atoms with E-state index in [1.54, 1.807) is 0 Å². The molecule has 1 unspecified atom stereocenters. The van der Waals surface area contributed by atoms with Crippen molar-refractivity contribution in [3.8, 4) is 5.75 Å². The second-order valence-corrected chi connectivity index (χ2v) is 7.53. The standard InChI is InChI=1S/C23H27F3N4O2/c1-4-14-32-19-12-6-16(7-13-19)21-20(29(3)5-2)15-30(28-21)22(31)27-18-10-8-17(9-11-18)23(24,25)26/h6-13,20H,4-5,14-15H2,1-3H3,(H,27,31). The summed E-state index contributed by atoms with van der Waals surface area (Å²) in [7, 11) is 1.95. The summed E-state index contributed by atoms with van der Waals surface area (Å²) >= 11 is 0. The van der Waals surface area contributed by atoms with Gasteiger partial charge in [-0.2, -0.15) is 18.3 Å². The van der Waals surface area contributed by atoms with Gasteiger partial charge in [0, 0.05) is 5.69 Å². The van der Waals surface area contributed by atoms with Crippen molar-refractivity contribution in [2.45, 2.75) is 32.5 Å². The summed E-state index contributed by atoms with van der Waals surface area (Å²) < 4.78 is 43.9. The minimum Gasteiger partial charge on any atom is -0.494 e. The number of nitrogens with zero attached hydrogens (tertiary/aromatic N) is 3. The average Bonchev–Trinajstić information content (AvgIpc) is 3.23. The zero-order valence-corrected chi connectivity index (χ0v) is 18.3. The summed E-state index contributed by atoms with van der Waals surface area (Å²) in [5, 5.41) is 8.46. The summed E-state index contributed by atoms with van der Waals surface area (Å²) in [6, 6.07) is 11.3. The van der Waals surface area contributed by atoms with E-state index in [9.17, 15) is 18.0 Å². The maximum absolute atomic E-state index is 12.7. The van der Waals surface area contributed by atoms with Crippen LogP contribution < -0.4 is 10.1 Å². The zero-order chi connectivity index (χ0) is 23.3.